The summed E-state index contributed by atoms with van der Waals surface area (Å²) in [7, 11) is -4.01. The van der Waals surface area contributed by atoms with Crippen LogP contribution < -0.4 is 10.5 Å². The Balaban J connectivity index is 1.19. The van der Waals surface area contributed by atoms with Crippen molar-refractivity contribution in [1.82, 2.24) is 9.97 Å². The molecule has 0 aliphatic carbocycles. The molecule has 0 saturated carbocycles. The number of benzene rings is 2. The smallest absolute Gasteiger partial charge is 0.323 e. The highest BCUT2D eigenvalue weighted by Crippen LogP contribution is 2.59. The number of halogens is 2. The van der Waals surface area contributed by atoms with Crippen molar-refractivity contribution >= 4 is 35.0 Å². The SMILES string of the molecule is CCOP(C)(=O)C(F)(F)CCOCCOCCOc1ccc(CCc2cnc3c(N)nc4cc(C)ccc4c3c2)c(C)c1. The van der Waals surface area contributed by atoms with Crippen molar-refractivity contribution in [2.75, 3.05) is 52.0 Å². The number of fused-ring (bicyclic) bond motifs is 3. The lowest BCUT2D eigenvalue weighted by atomic mass is 9.99. The zero-order valence-electron chi connectivity index (χ0n) is 25.2. The average Bonchev–Trinajstić information content (AvgIpc) is 2.95. The maximum absolute atomic E-state index is 14.0. The number of hydrogen-bond acceptors (Lipinski definition) is 8. The van der Waals surface area contributed by atoms with Crippen molar-refractivity contribution < 1.29 is 32.1 Å². The summed E-state index contributed by atoms with van der Waals surface area (Å²) in [6.45, 7) is 7.40. The van der Waals surface area contributed by atoms with Gasteiger partial charge in [-0.05, 0) is 80.1 Å². The molecule has 8 nitrogen and oxygen atoms in total. The van der Waals surface area contributed by atoms with E-state index in [2.05, 4.69) is 41.2 Å². The van der Waals surface area contributed by atoms with Crippen LogP contribution in [0, 0.1) is 13.8 Å². The Morgan fingerprint density at radius 3 is 2.42 bits per heavy atom. The number of aryl methyl sites for hydroxylation is 4. The van der Waals surface area contributed by atoms with Gasteiger partial charge in [0.2, 0.25) is 0 Å². The van der Waals surface area contributed by atoms with Gasteiger partial charge in [-0.15, -0.1) is 0 Å². The van der Waals surface area contributed by atoms with E-state index in [1.54, 1.807) is 0 Å². The molecule has 43 heavy (non-hydrogen) atoms. The molecule has 0 aliphatic heterocycles. The molecule has 0 radical (unpaired) electrons. The van der Waals surface area contributed by atoms with Crippen molar-refractivity contribution in [3.63, 3.8) is 0 Å². The van der Waals surface area contributed by atoms with Crippen LogP contribution in [0.1, 0.15) is 35.6 Å². The second kappa shape index (κ2) is 14.5. The predicted molar refractivity (Wildman–Crippen MR) is 167 cm³/mol. The fourth-order valence-electron chi connectivity index (χ4n) is 4.80. The van der Waals surface area contributed by atoms with Gasteiger partial charge < -0.3 is 24.5 Å². The Bertz CT molecular complexity index is 1600. The van der Waals surface area contributed by atoms with Gasteiger partial charge in [0.15, 0.2) is 5.82 Å². The molecule has 0 spiro atoms. The minimum Gasteiger partial charge on any atom is -0.491 e. The first-order valence-corrected chi connectivity index (χ1v) is 16.5. The van der Waals surface area contributed by atoms with Crippen molar-refractivity contribution in [1.29, 1.82) is 0 Å². The molecular weight excluding hydrogens is 575 g/mol. The molecule has 232 valence electrons. The van der Waals surface area contributed by atoms with Crippen LogP contribution in [0.4, 0.5) is 14.6 Å². The van der Waals surface area contributed by atoms with E-state index in [1.165, 1.54) is 12.5 Å². The lowest BCUT2D eigenvalue weighted by Gasteiger charge is -2.23. The number of ether oxygens (including phenoxy) is 3. The molecule has 2 aromatic heterocycles. The van der Waals surface area contributed by atoms with Crippen molar-refractivity contribution in [3.8, 4) is 5.75 Å². The van der Waals surface area contributed by atoms with E-state index < -0.39 is 19.5 Å². The van der Waals surface area contributed by atoms with Crippen LogP contribution in [-0.4, -0.2) is 61.9 Å². The first-order chi connectivity index (χ1) is 20.5. The number of aromatic nitrogens is 2. The highest BCUT2D eigenvalue weighted by Gasteiger charge is 2.47. The molecule has 2 heterocycles. The summed E-state index contributed by atoms with van der Waals surface area (Å²) in [6, 6.07) is 14.4. The minimum atomic E-state index is -4.01. The van der Waals surface area contributed by atoms with Crippen LogP contribution in [0.3, 0.4) is 0 Å². The zero-order valence-corrected chi connectivity index (χ0v) is 26.1. The highest BCUT2D eigenvalue weighted by atomic mass is 31.2. The third-order valence-corrected chi connectivity index (χ3v) is 9.42. The molecule has 1 unspecified atom stereocenters. The van der Waals surface area contributed by atoms with Gasteiger partial charge in [-0.2, -0.15) is 8.78 Å². The number of pyridine rings is 2. The van der Waals surface area contributed by atoms with Crippen molar-refractivity contribution in [3.05, 3.63) is 70.9 Å². The van der Waals surface area contributed by atoms with Gasteiger partial charge in [0, 0.05) is 30.1 Å². The zero-order chi connectivity index (χ0) is 31.0. The van der Waals surface area contributed by atoms with Crippen LogP contribution in [0.25, 0.3) is 21.8 Å². The summed E-state index contributed by atoms with van der Waals surface area (Å²) in [5, 5.41) is 2.06. The normalized spacial score (nSPS) is 13.4. The van der Waals surface area contributed by atoms with Crippen molar-refractivity contribution in [2.45, 2.75) is 45.7 Å². The molecule has 4 aromatic rings. The second-order valence-electron chi connectivity index (χ2n) is 10.6. The molecular formula is C32H40F2N3O5P. The first kappa shape index (κ1) is 32.7. The third-order valence-electron chi connectivity index (χ3n) is 7.25. The molecule has 11 heteroatoms. The van der Waals surface area contributed by atoms with Crippen molar-refractivity contribution in [2.24, 2.45) is 0 Å². The van der Waals surface area contributed by atoms with Gasteiger partial charge in [0.25, 0.3) is 7.37 Å². The van der Waals surface area contributed by atoms with Crippen LogP contribution in [0.15, 0.2) is 48.7 Å². The number of nitrogens with zero attached hydrogens (tertiary/aromatic N) is 2. The largest absolute Gasteiger partial charge is 0.491 e. The van der Waals surface area contributed by atoms with Gasteiger partial charge in [-0.1, -0.05) is 18.2 Å². The quantitative estimate of drug-likeness (QED) is 0.0808. The standard InChI is InChI=1S/C32H40F2N3O5P/c1-5-42-43(4,38)32(33,34)12-13-39-14-15-40-16-17-41-26-10-9-25(23(3)19-26)8-7-24-20-28-27-11-6-22(2)18-29(27)37-31(35)30(28)36-21-24/h6,9-11,18-21H,5,7-8,12-17H2,1-4H3,(H2,35,37). The van der Waals surface area contributed by atoms with Crippen LogP contribution in [-0.2, 0) is 31.4 Å². The lowest BCUT2D eigenvalue weighted by Crippen LogP contribution is -2.21. The number of nitrogen functional groups attached to an aromatic ring is 1. The van der Waals surface area contributed by atoms with E-state index in [-0.39, 0.29) is 26.4 Å². The third kappa shape index (κ3) is 8.48. The summed E-state index contributed by atoms with van der Waals surface area (Å²) in [6.07, 6.45) is 2.90. The first-order valence-electron chi connectivity index (χ1n) is 14.4. The van der Waals surface area contributed by atoms with E-state index in [9.17, 15) is 13.3 Å². The predicted octanol–water partition coefficient (Wildman–Crippen LogP) is 7.11. The monoisotopic (exact) mass is 615 g/mol. The van der Waals surface area contributed by atoms with Gasteiger partial charge in [-0.3, -0.25) is 9.55 Å². The fraction of sp³-hybridized carbons (Fsp3) is 0.438. The number of alkyl halides is 2. The van der Waals surface area contributed by atoms with Crippen LogP contribution in [0.5, 0.6) is 5.75 Å². The number of rotatable bonds is 16. The van der Waals surface area contributed by atoms with E-state index in [0.717, 1.165) is 63.8 Å². The fourth-order valence-corrected chi connectivity index (χ4v) is 5.97. The van der Waals surface area contributed by atoms with E-state index in [0.29, 0.717) is 19.0 Å². The Kier molecular flexibility index (Phi) is 11.1. The highest BCUT2D eigenvalue weighted by molar-refractivity contribution is 7.59. The Morgan fingerprint density at radius 1 is 0.930 bits per heavy atom. The summed E-state index contributed by atoms with van der Waals surface area (Å²) in [4.78, 5) is 9.15. The molecule has 2 N–H and O–H groups in total. The molecule has 0 bridgehead atoms. The molecule has 4 rings (SSSR count). The van der Waals surface area contributed by atoms with Gasteiger partial charge in [0.1, 0.15) is 17.9 Å². The Morgan fingerprint density at radius 2 is 1.67 bits per heavy atom. The maximum Gasteiger partial charge on any atom is 0.323 e. The van der Waals surface area contributed by atoms with E-state index in [1.807, 2.05) is 31.3 Å². The number of anilines is 1. The minimum absolute atomic E-state index is 0.0272. The van der Waals surface area contributed by atoms with Crippen LogP contribution in [0.2, 0.25) is 0 Å². The molecule has 0 fully saturated rings. The summed E-state index contributed by atoms with van der Waals surface area (Å²) >= 11 is 0. The Hall–Kier alpha value is -3.17. The van der Waals surface area contributed by atoms with Gasteiger partial charge >= 0.3 is 5.66 Å². The van der Waals surface area contributed by atoms with E-state index in [4.69, 9.17) is 24.5 Å². The van der Waals surface area contributed by atoms with Crippen LogP contribution >= 0.6 is 7.37 Å². The number of hydrogen-bond donors (Lipinski definition) is 1. The van der Waals surface area contributed by atoms with Gasteiger partial charge in [0.05, 0.1) is 38.6 Å². The molecule has 2 aromatic carbocycles. The lowest BCUT2D eigenvalue weighted by molar-refractivity contribution is 0.000614. The van der Waals surface area contributed by atoms with Gasteiger partial charge in [-0.25, -0.2) is 4.98 Å². The topological polar surface area (TPSA) is 106 Å². The number of nitrogens with two attached hydrogens (primary N) is 1. The molecule has 0 aliphatic rings. The Labute approximate surface area is 251 Å². The summed E-state index contributed by atoms with van der Waals surface area (Å²) in [5.74, 6) is 1.19. The van der Waals surface area contributed by atoms with E-state index >= 15 is 0 Å². The molecule has 0 amide bonds. The summed E-state index contributed by atoms with van der Waals surface area (Å²) in [5.41, 5.74) is 9.00. The second-order valence-corrected chi connectivity index (χ2v) is 13.2. The molecule has 0 saturated heterocycles. The molecule has 1 atom stereocenters. The summed E-state index contributed by atoms with van der Waals surface area (Å²) < 4.78 is 61.1. The maximum atomic E-state index is 14.0. The average molecular weight is 616 g/mol.